The number of aromatic nitrogens is 2. The zero-order valence-electron chi connectivity index (χ0n) is 23.5. The first-order valence-corrected chi connectivity index (χ1v) is 14.8. The van der Waals surface area contributed by atoms with Gasteiger partial charge in [-0.25, -0.2) is 0 Å². The molecule has 2 amide bonds. The highest BCUT2D eigenvalue weighted by Crippen LogP contribution is 2.33. The molecule has 1 fully saturated rings. The highest BCUT2D eigenvalue weighted by atomic mass is 35.5. The third-order valence-electron chi connectivity index (χ3n) is 7.38. The summed E-state index contributed by atoms with van der Waals surface area (Å²) >= 11 is 8.22. The molecule has 220 valence electrons. The number of aromatic amines is 1. The Balaban J connectivity index is 1.21. The number of esters is 1. The van der Waals surface area contributed by atoms with Gasteiger partial charge in [-0.3, -0.25) is 19.5 Å². The number of benzene rings is 1. The molecule has 5 rings (SSSR count). The summed E-state index contributed by atoms with van der Waals surface area (Å²) in [7, 11) is 0. The summed E-state index contributed by atoms with van der Waals surface area (Å²) in [5, 5.41) is 22.6. The molecular formula is C28H31ClN8O4S. The van der Waals surface area contributed by atoms with Crippen molar-refractivity contribution in [1.29, 1.82) is 5.26 Å². The number of rotatable bonds is 6. The van der Waals surface area contributed by atoms with Crippen molar-refractivity contribution in [3.63, 3.8) is 0 Å². The van der Waals surface area contributed by atoms with Crippen LogP contribution in [0.15, 0.2) is 23.3 Å². The van der Waals surface area contributed by atoms with E-state index in [1.165, 1.54) is 18.3 Å². The van der Waals surface area contributed by atoms with Crippen molar-refractivity contribution in [2.45, 2.75) is 52.3 Å². The van der Waals surface area contributed by atoms with Crippen LogP contribution in [0.3, 0.4) is 0 Å². The number of nitrogens with one attached hydrogen (secondary N) is 3. The van der Waals surface area contributed by atoms with E-state index in [2.05, 4.69) is 25.8 Å². The molecule has 14 heteroatoms. The molecular weight excluding hydrogens is 580 g/mol. The lowest BCUT2D eigenvalue weighted by Crippen LogP contribution is -2.47. The molecule has 0 unspecified atom stereocenters. The predicted molar refractivity (Wildman–Crippen MR) is 158 cm³/mol. The van der Waals surface area contributed by atoms with Gasteiger partial charge in [-0.05, 0) is 43.0 Å². The summed E-state index contributed by atoms with van der Waals surface area (Å²) in [6, 6.07) is 3.44. The lowest BCUT2D eigenvalue weighted by molar-refractivity contribution is -0.145. The van der Waals surface area contributed by atoms with Crippen LogP contribution in [0, 0.1) is 18.4 Å². The van der Waals surface area contributed by atoms with E-state index < -0.39 is 0 Å². The van der Waals surface area contributed by atoms with Crippen LogP contribution in [0.1, 0.15) is 57.0 Å². The number of fused-ring (bicyclic) bond motifs is 2. The Bertz CT molecular complexity index is 1580. The molecule has 2 atom stereocenters. The molecule has 0 aliphatic carbocycles. The number of nitriles is 1. The van der Waals surface area contributed by atoms with Gasteiger partial charge in [0.1, 0.15) is 6.10 Å². The van der Waals surface area contributed by atoms with Crippen LogP contribution in [0.25, 0.3) is 10.2 Å². The number of thiophene rings is 1. The first kappa shape index (κ1) is 29.3. The quantitative estimate of drug-likeness (QED) is 0.166. The molecule has 42 heavy (non-hydrogen) atoms. The van der Waals surface area contributed by atoms with Crippen molar-refractivity contribution < 1.29 is 19.1 Å². The Labute approximate surface area is 251 Å². The topological polar surface area (TPSA) is 156 Å². The fourth-order valence-corrected chi connectivity index (χ4v) is 6.80. The number of halogens is 1. The molecule has 0 bridgehead atoms. The SMILES string of the molecule is CC(=O)O[C@H]1CCN(/C(=N/C#N)NC[C@@H](C)NC(=O)c2c(C)cc3c(c2Cl)CCN(C(=O)c2cc4[nH]ncc4s2)C3)C1. The smallest absolute Gasteiger partial charge is 0.302 e. The lowest BCUT2D eigenvalue weighted by Gasteiger charge is -2.30. The van der Waals surface area contributed by atoms with Crippen molar-refractivity contribution in [3.8, 4) is 6.19 Å². The van der Waals surface area contributed by atoms with Crippen LogP contribution < -0.4 is 10.6 Å². The third-order valence-corrected chi connectivity index (χ3v) is 8.85. The molecule has 1 saturated heterocycles. The van der Waals surface area contributed by atoms with Crippen LogP contribution in [0.5, 0.6) is 0 Å². The van der Waals surface area contributed by atoms with Crippen LogP contribution in [0.2, 0.25) is 5.02 Å². The number of guanidine groups is 1. The molecule has 0 spiro atoms. The number of ether oxygens (including phenoxy) is 1. The number of carbonyl (C=O) groups excluding carboxylic acids is 3. The van der Waals surface area contributed by atoms with Gasteiger partial charge in [0.2, 0.25) is 12.2 Å². The Morgan fingerprint density at radius 3 is 2.88 bits per heavy atom. The number of likely N-dealkylation sites (tertiary alicyclic amines) is 1. The van der Waals surface area contributed by atoms with Gasteiger partial charge >= 0.3 is 5.97 Å². The number of carbonyl (C=O) groups is 3. The van der Waals surface area contributed by atoms with E-state index in [0.29, 0.717) is 67.0 Å². The monoisotopic (exact) mass is 610 g/mol. The Morgan fingerprint density at radius 2 is 2.14 bits per heavy atom. The molecule has 4 heterocycles. The van der Waals surface area contributed by atoms with Gasteiger partial charge in [-0.1, -0.05) is 17.7 Å². The first-order valence-electron chi connectivity index (χ1n) is 13.6. The van der Waals surface area contributed by atoms with E-state index in [9.17, 15) is 14.4 Å². The van der Waals surface area contributed by atoms with E-state index in [-0.39, 0.29) is 29.9 Å². The molecule has 1 aromatic carbocycles. The van der Waals surface area contributed by atoms with E-state index in [1.807, 2.05) is 30.9 Å². The van der Waals surface area contributed by atoms with Crippen LogP contribution in [-0.2, 0) is 22.5 Å². The Hall–Kier alpha value is -4.15. The van der Waals surface area contributed by atoms with Gasteiger partial charge in [-0.2, -0.15) is 10.4 Å². The van der Waals surface area contributed by atoms with E-state index in [0.717, 1.165) is 26.9 Å². The van der Waals surface area contributed by atoms with Gasteiger partial charge in [0.25, 0.3) is 11.8 Å². The molecule has 3 N–H and O–H groups in total. The third kappa shape index (κ3) is 6.19. The van der Waals surface area contributed by atoms with Gasteiger partial charge < -0.3 is 25.2 Å². The summed E-state index contributed by atoms with van der Waals surface area (Å²) in [4.78, 5) is 46.0. The van der Waals surface area contributed by atoms with E-state index >= 15 is 0 Å². The summed E-state index contributed by atoms with van der Waals surface area (Å²) in [6.07, 6.45) is 4.44. The highest BCUT2D eigenvalue weighted by molar-refractivity contribution is 7.20. The minimum atomic E-state index is -0.346. The number of H-pyrrole nitrogens is 1. The fraction of sp³-hybridized carbons (Fsp3) is 0.429. The van der Waals surface area contributed by atoms with Crippen LogP contribution in [0.4, 0.5) is 0 Å². The number of nitrogens with zero attached hydrogens (tertiary/aromatic N) is 5. The van der Waals surface area contributed by atoms with Gasteiger partial charge in [0, 0.05) is 45.6 Å². The first-order chi connectivity index (χ1) is 20.1. The average Bonchev–Trinajstić information content (AvgIpc) is 3.67. The minimum absolute atomic E-state index is 0.0395. The molecule has 3 aromatic rings. The van der Waals surface area contributed by atoms with Crippen molar-refractivity contribution in [2.75, 3.05) is 26.2 Å². The number of aryl methyl sites for hydroxylation is 1. The molecule has 2 aliphatic rings. The zero-order valence-corrected chi connectivity index (χ0v) is 25.1. The zero-order chi connectivity index (χ0) is 30.0. The molecule has 2 aliphatic heterocycles. The number of aliphatic imine (C=N–C) groups is 1. The maximum atomic E-state index is 13.3. The molecule has 0 saturated carbocycles. The summed E-state index contributed by atoms with van der Waals surface area (Å²) < 4.78 is 6.20. The largest absolute Gasteiger partial charge is 0.461 e. The predicted octanol–water partition coefficient (Wildman–Crippen LogP) is 2.97. The number of hydrogen-bond donors (Lipinski definition) is 3. The van der Waals surface area contributed by atoms with Crippen molar-refractivity contribution >= 4 is 56.9 Å². The number of hydrogen-bond acceptors (Lipinski definition) is 8. The second-order valence-electron chi connectivity index (χ2n) is 10.5. The number of amides is 2. The second-order valence-corrected chi connectivity index (χ2v) is 12.0. The molecule has 0 radical (unpaired) electrons. The normalized spacial score (nSPS) is 17.5. The van der Waals surface area contributed by atoms with Crippen molar-refractivity contribution in [1.82, 2.24) is 30.6 Å². The lowest BCUT2D eigenvalue weighted by atomic mass is 9.93. The van der Waals surface area contributed by atoms with Gasteiger partial charge in [0.15, 0.2) is 0 Å². The fourth-order valence-electron chi connectivity index (χ4n) is 5.40. The minimum Gasteiger partial charge on any atom is -0.461 e. The standard InChI is InChI=1S/C28H31ClN8O4S/c1-15-8-18-12-36(27(40)22-9-21-23(42-22)11-33-35-21)7-5-20(18)25(29)24(15)26(39)34-16(2)10-31-28(32-14-30)37-6-4-19(13-37)41-17(3)38/h8-9,11,16,19H,4-7,10,12-13H2,1-3H3,(H,31,32)(H,33,35)(H,34,39)/t16-,19+/m1/s1. The van der Waals surface area contributed by atoms with E-state index in [4.69, 9.17) is 21.6 Å². The summed E-state index contributed by atoms with van der Waals surface area (Å²) in [6.45, 7) is 7.28. The van der Waals surface area contributed by atoms with Crippen molar-refractivity contribution in [3.05, 3.63) is 50.5 Å². The van der Waals surface area contributed by atoms with Crippen LogP contribution in [-0.4, -0.2) is 82.1 Å². The van der Waals surface area contributed by atoms with Gasteiger partial charge in [-0.15, -0.1) is 16.3 Å². The Kier molecular flexibility index (Phi) is 8.65. The van der Waals surface area contributed by atoms with Crippen LogP contribution >= 0.6 is 22.9 Å². The highest BCUT2D eigenvalue weighted by Gasteiger charge is 2.29. The van der Waals surface area contributed by atoms with Crippen molar-refractivity contribution in [2.24, 2.45) is 4.99 Å². The Morgan fingerprint density at radius 1 is 1.33 bits per heavy atom. The summed E-state index contributed by atoms with van der Waals surface area (Å²) in [5.74, 6) is -0.319. The summed E-state index contributed by atoms with van der Waals surface area (Å²) in [5.41, 5.74) is 3.79. The molecule has 12 nitrogen and oxygen atoms in total. The van der Waals surface area contributed by atoms with Gasteiger partial charge in [0.05, 0.1) is 38.4 Å². The second kappa shape index (κ2) is 12.4. The maximum absolute atomic E-state index is 13.3. The maximum Gasteiger partial charge on any atom is 0.302 e. The molecule has 2 aromatic heterocycles. The average molecular weight is 611 g/mol. The van der Waals surface area contributed by atoms with E-state index in [1.54, 1.807) is 17.3 Å².